The van der Waals surface area contributed by atoms with E-state index in [-0.39, 0.29) is 28.0 Å². The van der Waals surface area contributed by atoms with E-state index in [1.165, 1.54) is 12.1 Å². The number of benzene rings is 4. The summed E-state index contributed by atoms with van der Waals surface area (Å²) in [5.74, 6) is -0.751. The van der Waals surface area contributed by atoms with Gasteiger partial charge in [0, 0.05) is 11.1 Å². The molecule has 1 aliphatic carbocycles. The van der Waals surface area contributed by atoms with E-state index in [0.29, 0.717) is 16.7 Å². The van der Waals surface area contributed by atoms with Gasteiger partial charge in [-0.15, -0.1) is 13.2 Å². The third-order valence-electron chi connectivity index (χ3n) is 6.82. The Kier molecular flexibility index (Phi) is 6.63. The molecule has 0 heterocycles. The lowest BCUT2D eigenvalue weighted by Crippen LogP contribution is -2.18. The number of hydrogen-bond donors (Lipinski definition) is 0. The van der Waals surface area contributed by atoms with Crippen LogP contribution in [0, 0.1) is 31.8 Å². The standard InChI is InChI=1S/C32H18F6N2O/c1-17-6-4-7-19(10-17)22-13-24-25-14-23(20-8-5-9-21(12-20)31(33,34)35)29(41-32(36,37)38)15-27(25)30(28(16-39)40-3)26(24)11-18(22)2/h4-15H,1-2H3/b30-28+. The lowest BCUT2D eigenvalue weighted by atomic mass is 9.92. The summed E-state index contributed by atoms with van der Waals surface area (Å²) in [6, 6.07) is 19.4. The van der Waals surface area contributed by atoms with Gasteiger partial charge in [-0.3, -0.25) is 0 Å². The Hall–Kier alpha value is -5.02. The van der Waals surface area contributed by atoms with Gasteiger partial charge in [-0.2, -0.15) is 13.2 Å². The summed E-state index contributed by atoms with van der Waals surface area (Å²) in [7, 11) is 0. The average Bonchev–Trinajstić information content (AvgIpc) is 3.19. The number of rotatable bonds is 3. The molecule has 1 aliphatic rings. The second-order valence-electron chi connectivity index (χ2n) is 9.55. The molecule has 0 atom stereocenters. The molecule has 41 heavy (non-hydrogen) atoms. The second kappa shape index (κ2) is 9.87. The molecule has 0 radical (unpaired) electrons. The SMILES string of the molecule is [C-]#[N+]/C(C#N)=C1\c2cc(C)c(-c3cccc(C)c3)cc2-c2cc(-c3cccc(C(F)(F)F)c3)c(OC(F)(F)F)cc21. The first-order valence-electron chi connectivity index (χ1n) is 12.2. The van der Waals surface area contributed by atoms with Crippen molar-refractivity contribution in [2.45, 2.75) is 26.4 Å². The van der Waals surface area contributed by atoms with Crippen molar-refractivity contribution in [1.29, 1.82) is 5.26 Å². The van der Waals surface area contributed by atoms with Crippen LogP contribution in [0.4, 0.5) is 26.3 Å². The molecule has 0 spiro atoms. The zero-order valence-corrected chi connectivity index (χ0v) is 21.5. The summed E-state index contributed by atoms with van der Waals surface area (Å²) < 4.78 is 85.3. The molecule has 0 bridgehead atoms. The Morgan fingerprint density at radius 1 is 0.756 bits per heavy atom. The highest BCUT2D eigenvalue weighted by molar-refractivity contribution is 6.06. The first-order chi connectivity index (χ1) is 19.3. The largest absolute Gasteiger partial charge is 0.573 e. The van der Waals surface area contributed by atoms with Crippen LogP contribution in [0.5, 0.6) is 5.75 Å². The van der Waals surface area contributed by atoms with Crippen LogP contribution in [-0.2, 0) is 6.18 Å². The van der Waals surface area contributed by atoms with Crippen molar-refractivity contribution in [3.8, 4) is 45.2 Å². The predicted molar refractivity (Wildman–Crippen MR) is 142 cm³/mol. The van der Waals surface area contributed by atoms with E-state index in [1.54, 1.807) is 6.07 Å². The first-order valence-corrected chi connectivity index (χ1v) is 12.2. The van der Waals surface area contributed by atoms with Gasteiger partial charge in [0.05, 0.1) is 18.2 Å². The number of allylic oxidation sites excluding steroid dienone is 1. The van der Waals surface area contributed by atoms with E-state index in [1.807, 2.05) is 50.2 Å². The monoisotopic (exact) mass is 560 g/mol. The maximum Gasteiger partial charge on any atom is 0.573 e. The number of nitrogens with zero attached hydrogens (tertiary/aromatic N) is 2. The van der Waals surface area contributed by atoms with Gasteiger partial charge in [-0.25, -0.2) is 10.1 Å². The topological polar surface area (TPSA) is 37.4 Å². The molecular weight excluding hydrogens is 542 g/mol. The molecule has 9 heteroatoms. The highest BCUT2D eigenvalue weighted by Crippen LogP contribution is 2.52. The number of halogens is 6. The maximum atomic E-state index is 13.5. The fourth-order valence-corrected chi connectivity index (χ4v) is 5.11. The number of hydrogen-bond acceptors (Lipinski definition) is 2. The Balaban J connectivity index is 1.86. The average molecular weight is 560 g/mol. The molecule has 0 aromatic heterocycles. The summed E-state index contributed by atoms with van der Waals surface area (Å²) in [5.41, 5.74) is 3.39. The van der Waals surface area contributed by atoms with Crippen LogP contribution in [0.2, 0.25) is 0 Å². The molecule has 0 saturated heterocycles. The summed E-state index contributed by atoms with van der Waals surface area (Å²) in [5, 5.41) is 9.73. The lowest BCUT2D eigenvalue weighted by molar-refractivity contribution is -0.274. The lowest BCUT2D eigenvalue weighted by Gasteiger charge is -2.17. The molecule has 0 aliphatic heterocycles. The molecular formula is C32H18F6N2O. The van der Waals surface area contributed by atoms with E-state index in [2.05, 4.69) is 9.58 Å². The van der Waals surface area contributed by atoms with Crippen molar-refractivity contribution in [1.82, 2.24) is 0 Å². The molecule has 204 valence electrons. The molecule has 0 amide bonds. The smallest absolute Gasteiger partial charge is 0.405 e. The quantitative estimate of drug-likeness (QED) is 0.125. The van der Waals surface area contributed by atoms with Crippen molar-refractivity contribution in [3.05, 3.63) is 118 Å². The number of nitriles is 1. The highest BCUT2D eigenvalue weighted by Gasteiger charge is 2.36. The van der Waals surface area contributed by atoms with E-state index < -0.39 is 23.9 Å². The Morgan fingerprint density at radius 3 is 1.95 bits per heavy atom. The molecule has 4 aromatic rings. The minimum absolute atomic E-state index is 0.133. The Bertz CT molecular complexity index is 1820. The van der Waals surface area contributed by atoms with Crippen molar-refractivity contribution >= 4 is 5.57 Å². The highest BCUT2D eigenvalue weighted by atomic mass is 19.4. The van der Waals surface area contributed by atoms with Crippen molar-refractivity contribution in [2.75, 3.05) is 0 Å². The molecule has 0 saturated carbocycles. The van der Waals surface area contributed by atoms with E-state index in [4.69, 9.17) is 6.57 Å². The van der Waals surface area contributed by atoms with Crippen LogP contribution < -0.4 is 4.74 Å². The van der Waals surface area contributed by atoms with Crippen LogP contribution in [0.1, 0.15) is 27.8 Å². The van der Waals surface area contributed by atoms with Gasteiger partial charge in [0.25, 0.3) is 5.70 Å². The normalized spacial score (nSPS) is 13.6. The number of fused-ring (bicyclic) bond motifs is 3. The fourth-order valence-electron chi connectivity index (χ4n) is 5.11. The zero-order valence-electron chi connectivity index (χ0n) is 21.5. The van der Waals surface area contributed by atoms with Crippen molar-refractivity contribution in [2.24, 2.45) is 0 Å². The summed E-state index contributed by atoms with van der Waals surface area (Å²) in [6.45, 7) is 11.3. The minimum Gasteiger partial charge on any atom is -0.405 e. The number of ether oxygens (including phenoxy) is 1. The molecule has 0 unspecified atom stereocenters. The van der Waals surface area contributed by atoms with Gasteiger partial charge in [-0.1, -0.05) is 48.0 Å². The van der Waals surface area contributed by atoms with Crippen LogP contribution in [0.15, 0.2) is 78.5 Å². The zero-order chi connectivity index (χ0) is 29.7. The predicted octanol–water partition coefficient (Wildman–Crippen LogP) is 9.74. The van der Waals surface area contributed by atoms with E-state index in [9.17, 15) is 31.6 Å². The fraction of sp³-hybridized carbons (Fsp3) is 0.125. The molecule has 3 nitrogen and oxygen atoms in total. The van der Waals surface area contributed by atoms with Crippen LogP contribution >= 0.6 is 0 Å². The maximum absolute atomic E-state index is 13.5. The van der Waals surface area contributed by atoms with Gasteiger partial charge >= 0.3 is 12.5 Å². The van der Waals surface area contributed by atoms with Gasteiger partial charge < -0.3 is 4.74 Å². The van der Waals surface area contributed by atoms with Crippen molar-refractivity contribution < 1.29 is 31.1 Å². The Morgan fingerprint density at radius 2 is 1.37 bits per heavy atom. The van der Waals surface area contributed by atoms with Crippen LogP contribution in [0.25, 0.3) is 43.8 Å². The van der Waals surface area contributed by atoms with Gasteiger partial charge in [-0.05, 0) is 88.7 Å². The van der Waals surface area contributed by atoms with E-state index >= 15 is 0 Å². The van der Waals surface area contributed by atoms with Crippen LogP contribution in [-0.4, -0.2) is 6.36 Å². The van der Waals surface area contributed by atoms with E-state index in [0.717, 1.165) is 46.5 Å². The van der Waals surface area contributed by atoms with Gasteiger partial charge in [0.2, 0.25) is 0 Å². The Labute approximate surface area is 231 Å². The molecule has 0 N–H and O–H groups in total. The minimum atomic E-state index is -5.16. The summed E-state index contributed by atoms with van der Waals surface area (Å²) in [6.07, 6.45) is -9.88. The molecule has 5 rings (SSSR count). The summed E-state index contributed by atoms with van der Waals surface area (Å²) >= 11 is 0. The third kappa shape index (κ3) is 5.15. The summed E-state index contributed by atoms with van der Waals surface area (Å²) in [4.78, 5) is 3.31. The van der Waals surface area contributed by atoms with Crippen LogP contribution in [0.3, 0.4) is 0 Å². The van der Waals surface area contributed by atoms with Gasteiger partial charge in [0.15, 0.2) is 0 Å². The number of aryl methyl sites for hydroxylation is 2. The molecule has 4 aromatic carbocycles. The van der Waals surface area contributed by atoms with Gasteiger partial charge in [0.1, 0.15) is 5.75 Å². The second-order valence-corrected chi connectivity index (χ2v) is 9.55. The number of alkyl halides is 6. The first kappa shape index (κ1) is 27.5. The van der Waals surface area contributed by atoms with Crippen molar-refractivity contribution in [3.63, 3.8) is 0 Å². The molecule has 0 fully saturated rings. The third-order valence-corrected chi connectivity index (χ3v) is 6.82.